The molecule has 0 aliphatic heterocycles. The molecule has 0 aromatic carbocycles. The normalized spacial score (nSPS) is 18.8. The Labute approximate surface area is 83.1 Å². The van der Waals surface area contributed by atoms with Gasteiger partial charge < -0.3 is 11.1 Å². The summed E-state index contributed by atoms with van der Waals surface area (Å²) in [7, 11) is 0. The molecule has 1 unspecified atom stereocenters. The standard InChI is InChI=1S/C10H16N2S/c11-8(7-12-9-3-4-9)6-10-2-1-5-13-10/h1-2,5,8-9,12H,3-4,6-7,11H2. The maximum Gasteiger partial charge on any atom is 0.0214 e. The maximum absolute atomic E-state index is 5.99. The Balaban J connectivity index is 1.68. The molecule has 0 radical (unpaired) electrons. The van der Waals surface area contributed by atoms with Gasteiger partial charge in [0.25, 0.3) is 0 Å². The van der Waals surface area contributed by atoms with Crippen molar-refractivity contribution in [2.24, 2.45) is 5.73 Å². The minimum absolute atomic E-state index is 0.277. The first-order chi connectivity index (χ1) is 6.34. The Morgan fingerprint density at radius 3 is 3.08 bits per heavy atom. The summed E-state index contributed by atoms with van der Waals surface area (Å²) in [6, 6.07) is 5.29. The number of hydrogen-bond acceptors (Lipinski definition) is 3. The molecule has 0 bridgehead atoms. The summed E-state index contributed by atoms with van der Waals surface area (Å²) < 4.78 is 0. The predicted octanol–water partition coefficient (Wildman–Crippen LogP) is 1.37. The zero-order valence-electron chi connectivity index (χ0n) is 7.70. The average Bonchev–Trinajstić information content (AvgIpc) is 2.82. The molecular weight excluding hydrogens is 180 g/mol. The molecular formula is C10H16N2S. The molecule has 1 fully saturated rings. The largest absolute Gasteiger partial charge is 0.326 e. The zero-order chi connectivity index (χ0) is 9.10. The second kappa shape index (κ2) is 4.22. The van der Waals surface area contributed by atoms with E-state index in [1.54, 1.807) is 11.3 Å². The molecule has 13 heavy (non-hydrogen) atoms. The topological polar surface area (TPSA) is 38.0 Å². The number of hydrogen-bond donors (Lipinski definition) is 2. The lowest BCUT2D eigenvalue weighted by atomic mass is 10.2. The molecule has 1 aliphatic rings. The van der Waals surface area contributed by atoms with E-state index in [-0.39, 0.29) is 6.04 Å². The highest BCUT2D eigenvalue weighted by Gasteiger charge is 2.20. The Hall–Kier alpha value is -0.380. The summed E-state index contributed by atoms with van der Waals surface area (Å²) in [6.07, 6.45) is 3.69. The Morgan fingerprint density at radius 1 is 1.62 bits per heavy atom. The third kappa shape index (κ3) is 3.10. The van der Waals surface area contributed by atoms with E-state index < -0.39 is 0 Å². The molecule has 3 N–H and O–H groups in total. The van der Waals surface area contributed by atoms with E-state index in [0.717, 1.165) is 19.0 Å². The van der Waals surface area contributed by atoms with E-state index in [1.165, 1.54) is 17.7 Å². The minimum Gasteiger partial charge on any atom is -0.326 e. The van der Waals surface area contributed by atoms with Crippen LogP contribution in [-0.2, 0) is 6.42 Å². The van der Waals surface area contributed by atoms with Gasteiger partial charge in [-0.1, -0.05) is 6.07 Å². The molecule has 2 rings (SSSR count). The fourth-order valence-electron chi connectivity index (χ4n) is 1.36. The molecule has 72 valence electrons. The summed E-state index contributed by atoms with van der Waals surface area (Å²) >= 11 is 1.79. The van der Waals surface area contributed by atoms with Crippen molar-refractivity contribution in [2.45, 2.75) is 31.3 Å². The highest BCUT2D eigenvalue weighted by molar-refractivity contribution is 7.09. The second-order valence-corrected chi connectivity index (χ2v) is 4.76. The summed E-state index contributed by atoms with van der Waals surface area (Å²) in [6.45, 7) is 0.961. The molecule has 2 nitrogen and oxygen atoms in total. The lowest BCUT2D eigenvalue weighted by Gasteiger charge is -2.10. The van der Waals surface area contributed by atoms with Crippen LogP contribution in [0.3, 0.4) is 0 Å². The molecule has 3 heteroatoms. The average molecular weight is 196 g/mol. The molecule has 1 aliphatic carbocycles. The minimum atomic E-state index is 0.277. The Kier molecular flexibility index (Phi) is 2.98. The number of nitrogens with one attached hydrogen (secondary N) is 1. The van der Waals surface area contributed by atoms with Crippen LogP contribution in [0.25, 0.3) is 0 Å². The Morgan fingerprint density at radius 2 is 2.46 bits per heavy atom. The lowest BCUT2D eigenvalue weighted by Crippen LogP contribution is -2.36. The van der Waals surface area contributed by atoms with Gasteiger partial charge in [-0.25, -0.2) is 0 Å². The SMILES string of the molecule is NC(CNC1CC1)Cc1cccs1. The van der Waals surface area contributed by atoms with Gasteiger partial charge in [0, 0.05) is 23.5 Å². The highest BCUT2D eigenvalue weighted by atomic mass is 32.1. The van der Waals surface area contributed by atoms with Gasteiger partial charge in [0.05, 0.1) is 0 Å². The summed E-state index contributed by atoms with van der Waals surface area (Å²) in [5.41, 5.74) is 5.99. The highest BCUT2D eigenvalue weighted by Crippen LogP contribution is 2.18. The molecule has 1 atom stereocenters. The van der Waals surface area contributed by atoms with E-state index in [4.69, 9.17) is 5.73 Å². The van der Waals surface area contributed by atoms with Crippen molar-refractivity contribution in [2.75, 3.05) is 6.54 Å². The first-order valence-corrected chi connectivity index (χ1v) is 5.74. The van der Waals surface area contributed by atoms with E-state index in [0.29, 0.717) is 0 Å². The van der Waals surface area contributed by atoms with Crippen LogP contribution in [0, 0.1) is 0 Å². The second-order valence-electron chi connectivity index (χ2n) is 3.73. The number of rotatable bonds is 5. The van der Waals surface area contributed by atoms with Crippen molar-refractivity contribution in [3.63, 3.8) is 0 Å². The number of nitrogens with two attached hydrogens (primary N) is 1. The number of thiophene rings is 1. The van der Waals surface area contributed by atoms with Crippen LogP contribution < -0.4 is 11.1 Å². The van der Waals surface area contributed by atoms with Gasteiger partial charge in [0.1, 0.15) is 0 Å². The van der Waals surface area contributed by atoms with Gasteiger partial charge in [0.2, 0.25) is 0 Å². The van der Waals surface area contributed by atoms with Crippen LogP contribution in [0.1, 0.15) is 17.7 Å². The molecule has 1 saturated carbocycles. The van der Waals surface area contributed by atoms with Crippen LogP contribution in [0.4, 0.5) is 0 Å². The van der Waals surface area contributed by atoms with E-state index in [9.17, 15) is 0 Å². The molecule has 0 saturated heterocycles. The van der Waals surface area contributed by atoms with E-state index in [2.05, 4.69) is 22.8 Å². The molecule has 0 spiro atoms. The summed E-state index contributed by atoms with van der Waals surface area (Å²) in [5.74, 6) is 0. The van der Waals surface area contributed by atoms with Gasteiger partial charge >= 0.3 is 0 Å². The van der Waals surface area contributed by atoms with Gasteiger partial charge in [-0.2, -0.15) is 0 Å². The van der Waals surface area contributed by atoms with Crippen molar-refractivity contribution in [3.8, 4) is 0 Å². The van der Waals surface area contributed by atoms with Gasteiger partial charge in [-0.15, -0.1) is 11.3 Å². The third-order valence-electron chi connectivity index (χ3n) is 2.29. The quantitative estimate of drug-likeness (QED) is 0.746. The molecule has 0 amide bonds. The van der Waals surface area contributed by atoms with Gasteiger partial charge in [0.15, 0.2) is 0 Å². The summed E-state index contributed by atoms with van der Waals surface area (Å²) in [4.78, 5) is 1.39. The van der Waals surface area contributed by atoms with Crippen molar-refractivity contribution in [1.29, 1.82) is 0 Å². The first-order valence-electron chi connectivity index (χ1n) is 4.86. The van der Waals surface area contributed by atoms with Crippen molar-refractivity contribution >= 4 is 11.3 Å². The third-order valence-corrected chi connectivity index (χ3v) is 3.19. The monoisotopic (exact) mass is 196 g/mol. The first kappa shape index (κ1) is 9.19. The Bertz CT molecular complexity index is 241. The van der Waals surface area contributed by atoms with Crippen LogP contribution in [0.5, 0.6) is 0 Å². The van der Waals surface area contributed by atoms with Crippen LogP contribution in [0.2, 0.25) is 0 Å². The zero-order valence-corrected chi connectivity index (χ0v) is 8.52. The van der Waals surface area contributed by atoms with Crippen molar-refractivity contribution in [1.82, 2.24) is 5.32 Å². The maximum atomic E-state index is 5.99. The van der Waals surface area contributed by atoms with Crippen molar-refractivity contribution in [3.05, 3.63) is 22.4 Å². The smallest absolute Gasteiger partial charge is 0.0214 e. The van der Waals surface area contributed by atoms with E-state index >= 15 is 0 Å². The van der Waals surface area contributed by atoms with Crippen molar-refractivity contribution < 1.29 is 0 Å². The molecule has 1 aromatic heterocycles. The van der Waals surface area contributed by atoms with Gasteiger partial charge in [-0.3, -0.25) is 0 Å². The fourth-order valence-corrected chi connectivity index (χ4v) is 2.16. The summed E-state index contributed by atoms with van der Waals surface area (Å²) in [5, 5.41) is 5.56. The lowest BCUT2D eigenvalue weighted by molar-refractivity contribution is 0.573. The molecule has 1 aromatic rings. The predicted molar refractivity (Wildman–Crippen MR) is 57.0 cm³/mol. The molecule has 1 heterocycles. The fraction of sp³-hybridized carbons (Fsp3) is 0.600. The van der Waals surface area contributed by atoms with E-state index in [1.807, 2.05) is 0 Å². The van der Waals surface area contributed by atoms with Crippen LogP contribution >= 0.6 is 11.3 Å². The van der Waals surface area contributed by atoms with Gasteiger partial charge in [-0.05, 0) is 30.7 Å². The van der Waals surface area contributed by atoms with Crippen LogP contribution in [0.15, 0.2) is 17.5 Å². The van der Waals surface area contributed by atoms with Crippen LogP contribution in [-0.4, -0.2) is 18.6 Å².